The van der Waals surface area contributed by atoms with Gasteiger partial charge in [-0.2, -0.15) is 12.6 Å². The van der Waals surface area contributed by atoms with Crippen molar-refractivity contribution in [2.75, 3.05) is 45.9 Å². The maximum atomic E-state index is 12.9. The lowest BCUT2D eigenvalue weighted by Gasteiger charge is -2.40. The number of hydrogen-bond acceptors (Lipinski definition) is 6. The van der Waals surface area contributed by atoms with Gasteiger partial charge in [0, 0.05) is 44.0 Å². The van der Waals surface area contributed by atoms with E-state index >= 15 is 0 Å². The van der Waals surface area contributed by atoms with Gasteiger partial charge in [0.05, 0.1) is 19.1 Å². The fourth-order valence-corrected chi connectivity index (χ4v) is 3.39. The molecule has 2 aliphatic rings. The number of piperidine rings is 1. The standard InChI is InChI=1S/C18H33N3O4S/c1-13(26)10-19-15-9-14(16(22)20-5-7-24-8-6-20)11-21(12-15)17(23)25-18(2,3)4/h13-15,19,26H,5-12H2,1-4H3/t13?,14-,15+/m1/s1. The van der Waals surface area contributed by atoms with Gasteiger partial charge < -0.3 is 24.6 Å². The second kappa shape index (κ2) is 9.28. The van der Waals surface area contributed by atoms with Gasteiger partial charge in [-0.1, -0.05) is 6.92 Å². The minimum atomic E-state index is -0.555. The maximum Gasteiger partial charge on any atom is 0.410 e. The molecule has 7 nitrogen and oxygen atoms in total. The number of likely N-dealkylation sites (tertiary alicyclic amines) is 1. The molecule has 0 radical (unpaired) electrons. The van der Waals surface area contributed by atoms with Crippen LogP contribution in [0.2, 0.25) is 0 Å². The van der Waals surface area contributed by atoms with Crippen LogP contribution in [-0.4, -0.2) is 84.6 Å². The van der Waals surface area contributed by atoms with E-state index in [1.54, 1.807) is 4.90 Å². The first-order valence-electron chi connectivity index (χ1n) is 9.41. The number of hydrogen-bond donors (Lipinski definition) is 2. The summed E-state index contributed by atoms with van der Waals surface area (Å²) < 4.78 is 10.9. The molecule has 2 fully saturated rings. The molecule has 3 atom stereocenters. The number of amides is 2. The van der Waals surface area contributed by atoms with Gasteiger partial charge in [-0.15, -0.1) is 0 Å². The molecule has 0 aromatic carbocycles. The van der Waals surface area contributed by atoms with Crippen molar-refractivity contribution < 1.29 is 19.1 Å². The molecule has 2 heterocycles. The Bertz CT molecular complexity index is 489. The summed E-state index contributed by atoms with van der Waals surface area (Å²) >= 11 is 4.41. The lowest BCUT2D eigenvalue weighted by Crippen LogP contribution is -2.56. The van der Waals surface area contributed by atoms with Gasteiger partial charge in [0.25, 0.3) is 0 Å². The van der Waals surface area contributed by atoms with Crippen LogP contribution < -0.4 is 5.32 Å². The van der Waals surface area contributed by atoms with Gasteiger partial charge in [0.2, 0.25) is 5.91 Å². The Hall–Kier alpha value is -0.990. The highest BCUT2D eigenvalue weighted by atomic mass is 32.1. The molecule has 26 heavy (non-hydrogen) atoms. The molecule has 0 spiro atoms. The van der Waals surface area contributed by atoms with E-state index < -0.39 is 5.60 Å². The van der Waals surface area contributed by atoms with E-state index in [0.29, 0.717) is 39.4 Å². The molecule has 0 bridgehead atoms. The van der Waals surface area contributed by atoms with Crippen LogP contribution in [0.3, 0.4) is 0 Å². The van der Waals surface area contributed by atoms with Gasteiger partial charge in [-0.25, -0.2) is 4.79 Å². The number of thiol groups is 1. The number of carbonyl (C=O) groups is 2. The minimum absolute atomic E-state index is 0.0564. The number of carbonyl (C=O) groups excluding carboxylic acids is 2. The van der Waals surface area contributed by atoms with E-state index in [1.807, 2.05) is 32.6 Å². The summed E-state index contributed by atoms with van der Waals surface area (Å²) in [6.07, 6.45) is 0.360. The SMILES string of the molecule is CC(S)CN[C@H]1C[C@@H](C(=O)N2CCOCC2)CN(C(=O)OC(C)(C)C)C1. The Morgan fingerprint density at radius 3 is 2.46 bits per heavy atom. The molecule has 8 heteroatoms. The molecule has 1 unspecified atom stereocenters. The van der Waals surface area contributed by atoms with Gasteiger partial charge in [-0.05, 0) is 27.2 Å². The van der Waals surface area contributed by atoms with Crippen molar-refractivity contribution in [2.24, 2.45) is 5.92 Å². The van der Waals surface area contributed by atoms with Crippen LogP contribution >= 0.6 is 12.6 Å². The Kier molecular flexibility index (Phi) is 7.61. The van der Waals surface area contributed by atoms with Crippen molar-refractivity contribution in [2.45, 2.75) is 51.0 Å². The molecule has 1 N–H and O–H groups in total. The van der Waals surface area contributed by atoms with E-state index in [-0.39, 0.29) is 29.2 Å². The number of nitrogens with zero attached hydrogens (tertiary/aromatic N) is 2. The number of morpholine rings is 1. The molecule has 2 amide bonds. The van der Waals surface area contributed by atoms with Crippen LogP contribution in [0.4, 0.5) is 4.79 Å². The highest BCUT2D eigenvalue weighted by Gasteiger charge is 2.37. The highest BCUT2D eigenvalue weighted by molar-refractivity contribution is 7.80. The third kappa shape index (κ3) is 6.63. The fraction of sp³-hybridized carbons (Fsp3) is 0.889. The van der Waals surface area contributed by atoms with Crippen molar-refractivity contribution in [3.63, 3.8) is 0 Å². The van der Waals surface area contributed by atoms with E-state index in [2.05, 4.69) is 17.9 Å². The Balaban J connectivity index is 2.05. The third-order valence-electron chi connectivity index (χ3n) is 4.48. The average molecular weight is 388 g/mol. The second-order valence-electron chi connectivity index (χ2n) is 8.21. The molecular weight excluding hydrogens is 354 g/mol. The van der Waals surface area contributed by atoms with Gasteiger partial charge >= 0.3 is 6.09 Å². The summed E-state index contributed by atoms with van der Waals surface area (Å²) in [5, 5.41) is 3.64. The zero-order chi connectivity index (χ0) is 19.3. The van der Waals surface area contributed by atoms with Gasteiger partial charge in [-0.3, -0.25) is 4.79 Å². The van der Waals surface area contributed by atoms with Crippen LogP contribution in [0.1, 0.15) is 34.1 Å². The topological polar surface area (TPSA) is 71.1 Å². The van der Waals surface area contributed by atoms with E-state index in [0.717, 1.165) is 13.0 Å². The van der Waals surface area contributed by atoms with Crippen molar-refractivity contribution in [3.8, 4) is 0 Å². The van der Waals surface area contributed by atoms with E-state index in [1.165, 1.54) is 0 Å². The summed E-state index contributed by atoms with van der Waals surface area (Å²) in [5.74, 6) is -0.116. The van der Waals surface area contributed by atoms with Crippen LogP contribution in [0.5, 0.6) is 0 Å². The Morgan fingerprint density at radius 2 is 1.88 bits per heavy atom. The van der Waals surface area contributed by atoms with E-state index in [9.17, 15) is 9.59 Å². The number of rotatable bonds is 4. The van der Waals surface area contributed by atoms with Crippen molar-refractivity contribution in [3.05, 3.63) is 0 Å². The number of nitrogens with one attached hydrogen (secondary N) is 1. The number of ether oxygens (including phenoxy) is 2. The summed E-state index contributed by atoms with van der Waals surface area (Å²) in [5.41, 5.74) is -0.555. The lowest BCUT2D eigenvalue weighted by molar-refractivity contribution is -0.141. The molecule has 150 valence electrons. The third-order valence-corrected chi connectivity index (χ3v) is 4.66. The highest BCUT2D eigenvalue weighted by Crippen LogP contribution is 2.22. The molecule has 0 aliphatic carbocycles. The molecule has 2 rings (SSSR count). The zero-order valence-corrected chi connectivity index (χ0v) is 17.3. The fourth-order valence-electron chi connectivity index (χ4n) is 3.28. The predicted molar refractivity (Wildman–Crippen MR) is 104 cm³/mol. The Morgan fingerprint density at radius 1 is 1.23 bits per heavy atom. The first kappa shape index (κ1) is 21.3. The van der Waals surface area contributed by atoms with Crippen LogP contribution in [0.25, 0.3) is 0 Å². The molecule has 2 saturated heterocycles. The zero-order valence-electron chi connectivity index (χ0n) is 16.4. The molecule has 0 aromatic heterocycles. The normalized spacial score (nSPS) is 25.7. The Labute approximate surface area is 162 Å². The lowest BCUT2D eigenvalue weighted by atomic mass is 9.92. The predicted octanol–water partition coefficient (Wildman–Crippen LogP) is 1.38. The molecule has 2 aliphatic heterocycles. The summed E-state index contributed by atoms with van der Waals surface area (Å²) in [7, 11) is 0. The first-order valence-corrected chi connectivity index (χ1v) is 9.93. The summed E-state index contributed by atoms with van der Waals surface area (Å²) in [6.45, 7) is 11.6. The van der Waals surface area contributed by atoms with Crippen molar-refractivity contribution in [1.82, 2.24) is 15.1 Å². The molecule has 0 aromatic rings. The molecular formula is C18H33N3O4S. The maximum absolute atomic E-state index is 12.9. The minimum Gasteiger partial charge on any atom is -0.444 e. The van der Waals surface area contributed by atoms with E-state index in [4.69, 9.17) is 9.47 Å². The second-order valence-corrected chi connectivity index (χ2v) is 9.09. The van der Waals surface area contributed by atoms with Crippen LogP contribution in [0.15, 0.2) is 0 Å². The average Bonchev–Trinajstić information content (AvgIpc) is 2.58. The first-order chi connectivity index (χ1) is 12.2. The van der Waals surface area contributed by atoms with Gasteiger partial charge in [0.1, 0.15) is 5.60 Å². The van der Waals surface area contributed by atoms with Crippen LogP contribution in [0, 0.1) is 5.92 Å². The van der Waals surface area contributed by atoms with Crippen LogP contribution in [-0.2, 0) is 14.3 Å². The van der Waals surface area contributed by atoms with Gasteiger partial charge in [0.15, 0.2) is 0 Å². The monoisotopic (exact) mass is 387 g/mol. The van der Waals surface area contributed by atoms with Crippen molar-refractivity contribution in [1.29, 1.82) is 0 Å². The quantitative estimate of drug-likeness (QED) is 0.713. The smallest absolute Gasteiger partial charge is 0.410 e. The largest absolute Gasteiger partial charge is 0.444 e. The van der Waals surface area contributed by atoms with Crippen molar-refractivity contribution >= 4 is 24.6 Å². The summed E-state index contributed by atoms with van der Waals surface area (Å²) in [6, 6.07) is 0.0564. The molecule has 0 saturated carbocycles. The summed E-state index contributed by atoms with van der Waals surface area (Å²) in [4.78, 5) is 29.0.